The van der Waals surface area contributed by atoms with E-state index >= 15 is 0 Å². The molecule has 0 aliphatic heterocycles. The smallest absolute Gasteiger partial charge is 0.338 e. The van der Waals surface area contributed by atoms with Gasteiger partial charge in [0.2, 0.25) is 0 Å². The number of carbonyl (C=O) groups excluding carboxylic acids is 1. The number of rotatable bonds is 6. The molecule has 106 valence electrons. The maximum absolute atomic E-state index is 11.5. The van der Waals surface area contributed by atoms with E-state index < -0.39 is 10.8 Å². The van der Waals surface area contributed by atoms with Gasteiger partial charge < -0.3 is 15.8 Å². The topological polar surface area (TPSA) is 81.4 Å². The third kappa shape index (κ3) is 4.55. The molecule has 0 amide bonds. The van der Waals surface area contributed by atoms with Crippen LogP contribution in [0.3, 0.4) is 0 Å². The predicted octanol–water partition coefficient (Wildman–Crippen LogP) is 1.62. The van der Waals surface area contributed by atoms with E-state index in [-0.39, 0.29) is 11.2 Å². The highest BCUT2D eigenvalue weighted by molar-refractivity contribution is 7.84. The van der Waals surface area contributed by atoms with Crippen molar-refractivity contribution in [3.8, 4) is 0 Å². The number of nitrogen functional groups attached to an aromatic ring is 1. The summed E-state index contributed by atoms with van der Waals surface area (Å²) in [6.45, 7) is 4.54. The van der Waals surface area contributed by atoms with E-state index in [0.717, 1.165) is 5.69 Å². The van der Waals surface area contributed by atoms with Gasteiger partial charge in [0.25, 0.3) is 0 Å². The summed E-state index contributed by atoms with van der Waals surface area (Å²) in [5, 5.41) is 3.15. The zero-order chi connectivity index (χ0) is 14.4. The SMILES string of the molecule is CCOC(=O)c1ccc(NCC(C)S(C)=O)c(N)c1. The van der Waals surface area contributed by atoms with Crippen LogP contribution < -0.4 is 11.1 Å². The van der Waals surface area contributed by atoms with Crippen LogP contribution in [0.5, 0.6) is 0 Å². The van der Waals surface area contributed by atoms with Gasteiger partial charge >= 0.3 is 5.97 Å². The Balaban J connectivity index is 2.72. The zero-order valence-electron chi connectivity index (χ0n) is 11.4. The van der Waals surface area contributed by atoms with Crippen LogP contribution in [0.15, 0.2) is 18.2 Å². The lowest BCUT2D eigenvalue weighted by Gasteiger charge is -2.13. The van der Waals surface area contributed by atoms with Gasteiger partial charge in [0.1, 0.15) is 0 Å². The summed E-state index contributed by atoms with van der Waals surface area (Å²) in [6.07, 6.45) is 1.67. The first-order valence-electron chi connectivity index (χ1n) is 6.08. The van der Waals surface area contributed by atoms with E-state index in [1.165, 1.54) is 0 Å². The van der Waals surface area contributed by atoms with Crippen molar-refractivity contribution >= 4 is 28.1 Å². The molecule has 0 aliphatic rings. The number of carbonyl (C=O) groups is 1. The first kappa shape index (κ1) is 15.5. The lowest BCUT2D eigenvalue weighted by Crippen LogP contribution is -2.21. The van der Waals surface area contributed by atoms with Crippen molar-refractivity contribution in [3.05, 3.63) is 23.8 Å². The number of nitrogens with one attached hydrogen (secondary N) is 1. The Kier molecular flexibility index (Phi) is 5.82. The molecular weight excluding hydrogens is 264 g/mol. The molecule has 1 aromatic carbocycles. The molecule has 1 aromatic rings. The van der Waals surface area contributed by atoms with Crippen LogP contribution in [0.2, 0.25) is 0 Å². The maximum Gasteiger partial charge on any atom is 0.338 e. The maximum atomic E-state index is 11.5. The standard InChI is InChI=1S/C13H20N2O3S/c1-4-18-13(16)10-5-6-12(11(14)7-10)15-8-9(2)19(3)17/h5-7,9,15H,4,8,14H2,1-3H3. The second-order valence-corrected chi connectivity index (χ2v) is 6.01. The molecule has 0 aromatic heterocycles. The van der Waals surface area contributed by atoms with Gasteiger partial charge in [0.15, 0.2) is 0 Å². The third-order valence-corrected chi connectivity index (χ3v) is 4.01. The van der Waals surface area contributed by atoms with Gasteiger partial charge in [0.05, 0.1) is 23.5 Å². The Morgan fingerprint density at radius 1 is 1.53 bits per heavy atom. The zero-order valence-corrected chi connectivity index (χ0v) is 12.3. The largest absolute Gasteiger partial charge is 0.462 e. The van der Waals surface area contributed by atoms with E-state index in [4.69, 9.17) is 10.5 Å². The van der Waals surface area contributed by atoms with Crippen molar-refractivity contribution < 1.29 is 13.7 Å². The summed E-state index contributed by atoms with van der Waals surface area (Å²) in [5.74, 6) is -0.385. The molecule has 0 heterocycles. The summed E-state index contributed by atoms with van der Waals surface area (Å²) in [5.41, 5.74) is 7.50. The molecule has 0 radical (unpaired) electrons. The van der Waals surface area contributed by atoms with Crippen LogP contribution in [0.1, 0.15) is 24.2 Å². The number of nitrogens with two attached hydrogens (primary N) is 1. The van der Waals surface area contributed by atoms with Crippen LogP contribution in [-0.4, -0.2) is 34.8 Å². The van der Waals surface area contributed by atoms with Crippen molar-refractivity contribution in [2.24, 2.45) is 0 Å². The molecule has 1 rings (SSSR count). The highest BCUT2D eigenvalue weighted by Gasteiger charge is 2.10. The fraction of sp³-hybridized carbons (Fsp3) is 0.462. The average molecular weight is 284 g/mol. The monoisotopic (exact) mass is 284 g/mol. The second-order valence-electron chi connectivity index (χ2n) is 4.21. The van der Waals surface area contributed by atoms with Crippen LogP contribution >= 0.6 is 0 Å². The van der Waals surface area contributed by atoms with Crippen molar-refractivity contribution in [2.75, 3.05) is 30.5 Å². The number of ether oxygens (including phenoxy) is 1. The Bertz CT molecular complexity index is 477. The number of hydrogen-bond acceptors (Lipinski definition) is 5. The summed E-state index contributed by atoms with van der Waals surface area (Å²) >= 11 is 0. The lowest BCUT2D eigenvalue weighted by molar-refractivity contribution is 0.0526. The van der Waals surface area contributed by atoms with E-state index in [0.29, 0.717) is 24.4 Å². The summed E-state index contributed by atoms with van der Waals surface area (Å²) in [6, 6.07) is 4.96. The van der Waals surface area contributed by atoms with Crippen molar-refractivity contribution in [2.45, 2.75) is 19.1 Å². The normalized spacial score (nSPS) is 13.6. The molecule has 0 fully saturated rings. The Hall–Kier alpha value is -1.56. The van der Waals surface area contributed by atoms with Crippen LogP contribution in [0.25, 0.3) is 0 Å². The van der Waals surface area contributed by atoms with Gasteiger partial charge in [-0.2, -0.15) is 0 Å². The van der Waals surface area contributed by atoms with Crippen molar-refractivity contribution in [1.29, 1.82) is 0 Å². The number of hydrogen-bond donors (Lipinski definition) is 2. The molecule has 0 aliphatic carbocycles. The van der Waals surface area contributed by atoms with E-state index in [1.54, 1.807) is 31.4 Å². The summed E-state index contributed by atoms with van der Waals surface area (Å²) in [4.78, 5) is 11.5. The molecular formula is C13H20N2O3S. The fourth-order valence-corrected chi connectivity index (χ4v) is 1.75. The highest BCUT2D eigenvalue weighted by atomic mass is 32.2. The molecule has 0 spiro atoms. The minimum absolute atomic E-state index is 0.0316. The molecule has 5 nitrogen and oxygen atoms in total. The molecule has 2 unspecified atom stereocenters. The highest BCUT2D eigenvalue weighted by Crippen LogP contribution is 2.20. The van der Waals surface area contributed by atoms with Gasteiger partial charge in [-0.25, -0.2) is 4.79 Å². The molecule has 6 heteroatoms. The van der Waals surface area contributed by atoms with Gasteiger partial charge in [-0.05, 0) is 32.0 Å². The predicted molar refractivity (Wildman–Crippen MR) is 78.8 cm³/mol. The fourth-order valence-electron chi connectivity index (χ4n) is 1.44. The van der Waals surface area contributed by atoms with Crippen molar-refractivity contribution in [1.82, 2.24) is 0 Å². The van der Waals surface area contributed by atoms with E-state index in [2.05, 4.69) is 5.32 Å². The number of benzene rings is 1. The van der Waals surface area contributed by atoms with Gasteiger partial charge in [-0.15, -0.1) is 0 Å². The first-order valence-corrected chi connectivity index (χ1v) is 7.70. The Labute approximate surface area is 116 Å². The number of anilines is 2. The van der Waals surface area contributed by atoms with Crippen LogP contribution in [0.4, 0.5) is 11.4 Å². The summed E-state index contributed by atoms with van der Waals surface area (Å²) < 4.78 is 16.1. The minimum atomic E-state index is -0.882. The van der Waals surface area contributed by atoms with E-state index in [9.17, 15) is 9.00 Å². The first-order chi connectivity index (χ1) is 8.95. The van der Waals surface area contributed by atoms with Crippen LogP contribution in [-0.2, 0) is 15.5 Å². The van der Waals surface area contributed by atoms with Gasteiger partial charge in [0, 0.05) is 28.9 Å². The molecule has 19 heavy (non-hydrogen) atoms. The van der Waals surface area contributed by atoms with Gasteiger partial charge in [-0.3, -0.25) is 4.21 Å². The molecule has 2 atom stereocenters. The van der Waals surface area contributed by atoms with Crippen LogP contribution in [0, 0.1) is 0 Å². The lowest BCUT2D eigenvalue weighted by atomic mass is 10.1. The quantitative estimate of drug-likeness (QED) is 0.613. The second kappa shape index (κ2) is 7.13. The van der Waals surface area contributed by atoms with E-state index in [1.807, 2.05) is 6.92 Å². The average Bonchev–Trinajstić information content (AvgIpc) is 2.36. The Morgan fingerprint density at radius 3 is 2.74 bits per heavy atom. The minimum Gasteiger partial charge on any atom is -0.462 e. The summed E-state index contributed by atoms with van der Waals surface area (Å²) in [7, 11) is -0.882. The molecule has 0 saturated carbocycles. The van der Waals surface area contributed by atoms with Gasteiger partial charge in [-0.1, -0.05) is 0 Å². The molecule has 3 N–H and O–H groups in total. The van der Waals surface area contributed by atoms with Crippen molar-refractivity contribution in [3.63, 3.8) is 0 Å². The Morgan fingerprint density at radius 2 is 2.21 bits per heavy atom. The number of esters is 1. The third-order valence-electron chi connectivity index (χ3n) is 2.71. The molecule has 0 saturated heterocycles. The molecule has 0 bridgehead atoms.